The Hall–Kier alpha value is -1.41. The maximum absolute atomic E-state index is 12.9. The molecular formula is C10H12F5NO3. The minimum atomic E-state index is -5.95. The van der Waals surface area contributed by atoms with Crippen molar-refractivity contribution >= 4 is 11.9 Å². The van der Waals surface area contributed by atoms with E-state index in [0.717, 1.165) is 0 Å². The summed E-state index contributed by atoms with van der Waals surface area (Å²) in [6, 6.07) is -0.976. The molecule has 1 rings (SSSR count). The number of hydrogen-bond acceptors (Lipinski definition) is 2. The number of carbonyl (C=O) groups excluding carboxylic acids is 1. The van der Waals surface area contributed by atoms with Crippen molar-refractivity contribution in [3.63, 3.8) is 0 Å². The van der Waals surface area contributed by atoms with Gasteiger partial charge in [0.2, 0.25) is 0 Å². The maximum Gasteiger partial charge on any atom is 0.463 e. The molecule has 0 aromatic rings. The summed E-state index contributed by atoms with van der Waals surface area (Å²) >= 11 is 0. The van der Waals surface area contributed by atoms with Gasteiger partial charge in [-0.3, -0.25) is 9.59 Å². The van der Waals surface area contributed by atoms with Crippen LogP contribution in [-0.4, -0.2) is 46.6 Å². The molecule has 1 amide bonds. The molecule has 2 unspecified atom stereocenters. The van der Waals surface area contributed by atoms with Crippen molar-refractivity contribution in [3.8, 4) is 0 Å². The van der Waals surface area contributed by atoms with Crippen LogP contribution in [-0.2, 0) is 9.59 Å². The van der Waals surface area contributed by atoms with Gasteiger partial charge in [0, 0.05) is 12.6 Å². The van der Waals surface area contributed by atoms with E-state index >= 15 is 0 Å². The van der Waals surface area contributed by atoms with E-state index in [-0.39, 0.29) is 12.8 Å². The Balaban J connectivity index is 2.83. The molecule has 2 atom stereocenters. The number of aliphatic carboxylic acids is 1. The second kappa shape index (κ2) is 4.93. The van der Waals surface area contributed by atoms with Gasteiger partial charge < -0.3 is 10.0 Å². The highest BCUT2D eigenvalue weighted by Gasteiger charge is 2.65. The Morgan fingerprint density at radius 1 is 1.21 bits per heavy atom. The lowest BCUT2D eigenvalue weighted by Crippen LogP contribution is -2.56. The summed E-state index contributed by atoms with van der Waals surface area (Å²) in [5.41, 5.74) is 0. The zero-order chi connectivity index (χ0) is 15.0. The van der Waals surface area contributed by atoms with E-state index < -0.39 is 42.5 Å². The molecule has 0 aromatic carbocycles. The van der Waals surface area contributed by atoms with Crippen LogP contribution in [0.25, 0.3) is 0 Å². The summed E-state index contributed by atoms with van der Waals surface area (Å²) in [6.45, 7) is 0.822. The van der Waals surface area contributed by atoms with E-state index in [1.54, 1.807) is 0 Å². The van der Waals surface area contributed by atoms with Crippen LogP contribution in [0.15, 0.2) is 0 Å². The highest BCUT2D eigenvalue weighted by atomic mass is 19.4. The lowest BCUT2D eigenvalue weighted by molar-refractivity contribution is -0.275. The fraction of sp³-hybridized carbons (Fsp3) is 0.800. The van der Waals surface area contributed by atoms with Crippen molar-refractivity contribution in [3.05, 3.63) is 0 Å². The predicted molar refractivity (Wildman–Crippen MR) is 52.5 cm³/mol. The Labute approximate surface area is 105 Å². The van der Waals surface area contributed by atoms with Crippen molar-refractivity contribution in [2.75, 3.05) is 6.54 Å². The van der Waals surface area contributed by atoms with Gasteiger partial charge in [0.1, 0.15) is 0 Å². The van der Waals surface area contributed by atoms with Crippen LogP contribution in [0, 0.1) is 5.92 Å². The predicted octanol–water partition coefficient (Wildman–Crippen LogP) is 1.90. The Kier molecular flexibility index (Phi) is 4.06. The van der Waals surface area contributed by atoms with E-state index in [0.29, 0.717) is 4.90 Å². The molecule has 0 spiro atoms. The first-order valence-electron chi connectivity index (χ1n) is 5.47. The molecule has 19 heavy (non-hydrogen) atoms. The zero-order valence-corrected chi connectivity index (χ0v) is 9.88. The number of piperidine rings is 1. The van der Waals surface area contributed by atoms with Crippen molar-refractivity contribution < 1.29 is 36.6 Å². The van der Waals surface area contributed by atoms with Crippen LogP contribution in [0.2, 0.25) is 0 Å². The SMILES string of the molecule is CC1CC(C(=O)O)CCN1C(=O)C(F)(F)C(F)(F)F. The zero-order valence-electron chi connectivity index (χ0n) is 9.88. The van der Waals surface area contributed by atoms with E-state index in [1.807, 2.05) is 0 Å². The number of carboxylic acid groups (broad SMARTS) is 1. The summed E-state index contributed by atoms with van der Waals surface area (Å²) in [6.07, 6.45) is -6.23. The molecule has 0 bridgehead atoms. The summed E-state index contributed by atoms with van der Waals surface area (Å²) in [5.74, 6) is -9.76. The van der Waals surface area contributed by atoms with Crippen LogP contribution in [0.5, 0.6) is 0 Å². The minimum Gasteiger partial charge on any atom is -0.481 e. The number of halogens is 5. The highest BCUT2D eigenvalue weighted by molar-refractivity contribution is 5.85. The third kappa shape index (κ3) is 2.95. The Morgan fingerprint density at radius 2 is 1.74 bits per heavy atom. The highest BCUT2D eigenvalue weighted by Crippen LogP contribution is 2.38. The van der Waals surface area contributed by atoms with E-state index in [1.165, 1.54) is 6.92 Å². The van der Waals surface area contributed by atoms with Crippen molar-refractivity contribution in [2.24, 2.45) is 5.92 Å². The molecule has 0 radical (unpaired) electrons. The summed E-state index contributed by atoms with van der Waals surface area (Å²) < 4.78 is 62.0. The third-order valence-corrected chi connectivity index (χ3v) is 3.11. The van der Waals surface area contributed by atoms with Crippen molar-refractivity contribution in [1.29, 1.82) is 0 Å². The van der Waals surface area contributed by atoms with E-state index in [9.17, 15) is 31.5 Å². The first kappa shape index (κ1) is 15.6. The van der Waals surface area contributed by atoms with Crippen molar-refractivity contribution in [2.45, 2.75) is 37.9 Å². The second-order valence-electron chi connectivity index (χ2n) is 4.48. The largest absolute Gasteiger partial charge is 0.481 e. The first-order chi connectivity index (χ1) is 8.48. The number of alkyl halides is 5. The van der Waals surface area contributed by atoms with Gasteiger partial charge in [-0.05, 0) is 19.8 Å². The fourth-order valence-electron chi connectivity index (χ4n) is 2.00. The van der Waals surface area contributed by atoms with Crippen LogP contribution in [0.1, 0.15) is 19.8 Å². The molecule has 1 heterocycles. The van der Waals surface area contributed by atoms with Gasteiger partial charge in [0.15, 0.2) is 0 Å². The monoisotopic (exact) mass is 289 g/mol. The number of carboxylic acids is 1. The van der Waals surface area contributed by atoms with Gasteiger partial charge in [0.25, 0.3) is 0 Å². The lowest BCUT2D eigenvalue weighted by atomic mass is 9.91. The number of likely N-dealkylation sites (tertiary alicyclic amines) is 1. The molecule has 1 fully saturated rings. The second-order valence-corrected chi connectivity index (χ2v) is 4.48. The van der Waals surface area contributed by atoms with Gasteiger partial charge >= 0.3 is 24.0 Å². The molecule has 1 aliphatic rings. The van der Waals surface area contributed by atoms with Crippen LogP contribution < -0.4 is 0 Å². The molecule has 1 aliphatic heterocycles. The number of rotatable bonds is 2. The molecule has 0 saturated carbocycles. The average Bonchev–Trinajstić information content (AvgIpc) is 2.26. The lowest BCUT2D eigenvalue weighted by Gasteiger charge is -2.38. The molecule has 0 aromatic heterocycles. The molecule has 4 nitrogen and oxygen atoms in total. The quantitative estimate of drug-likeness (QED) is 0.790. The summed E-state index contributed by atoms with van der Waals surface area (Å²) in [7, 11) is 0. The van der Waals surface area contributed by atoms with E-state index in [4.69, 9.17) is 5.11 Å². The number of hydrogen-bond donors (Lipinski definition) is 1. The van der Waals surface area contributed by atoms with Crippen LogP contribution in [0.4, 0.5) is 22.0 Å². The van der Waals surface area contributed by atoms with Crippen molar-refractivity contribution in [1.82, 2.24) is 4.90 Å². The van der Waals surface area contributed by atoms with Gasteiger partial charge in [-0.15, -0.1) is 0 Å². The number of carbonyl (C=O) groups is 2. The number of nitrogens with zero attached hydrogens (tertiary/aromatic N) is 1. The minimum absolute atomic E-state index is 0.140. The molecular weight excluding hydrogens is 277 g/mol. The van der Waals surface area contributed by atoms with Gasteiger partial charge in [-0.2, -0.15) is 22.0 Å². The molecule has 110 valence electrons. The standard InChI is InChI=1S/C10H12F5NO3/c1-5-4-6(7(17)18)2-3-16(5)8(19)9(11,12)10(13,14)15/h5-6H,2-4H2,1H3,(H,17,18). The van der Waals surface area contributed by atoms with Crippen LogP contribution >= 0.6 is 0 Å². The molecule has 1 N–H and O–H groups in total. The maximum atomic E-state index is 12.9. The van der Waals surface area contributed by atoms with Gasteiger partial charge in [0.05, 0.1) is 5.92 Å². The topological polar surface area (TPSA) is 57.6 Å². The molecule has 0 aliphatic carbocycles. The summed E-state index contributed by atoms with van der Waals surface area (Å²) in [4.78, 5) is 22.4. The Morgan fingerprint density at radius 3 is 2.11 bits per heavy atom. The molecule has 1 saturated heterocycles. The Bertz CT molecular complexity index is 382. The molecule has 9 heteroatoms. The summed E-state index contributed by atoms with van der Waals surface area (Å²) in [5, 5.41) is 8.74. The normalized spacial score (nSPS) is 25.3. The average molecular weight is 289 g/mol. The van der Waals surface area contributed by atoms with E-state index in [2.05, 4.69) is 0 Å². The first-order valence-corrected chi connectivity index (χ1v) is 5.47. The smallest absolute Gasteiger partial charge is 0.463 e. The van der Waals surface area contributed by atoms with Gasteiger partial charge in [-0.1, -0.05) is 0 Å². The number of amides is 1. The van der Waals surface area contributed by atoms with Gasteiger partial charge in [-0.25, -0.2) is 0 Å². The third-order valence-electron chi connectivity index (χ3n) is 3.11. The van der Waals surface area contributed by atoms with Crippen LogP contribution in [0.3, 0.4) is 0 Å². The fourth-order valence-corrected chi connectivity index (χ4v) is 2.00.